The van der Waals surface area contributed by atoms with E-state index in [4.69, 9.17) is 10.2 Å². The molecule has 0 aliphatic rings. The van der Waals surface area contributed by atoms with Crippen LogP contribution in [0.3, 0.4) is 0 Å². The van der Waals surface area contributed by atoms with Crippen molar-refractivity contribution in [2.45, 2.75) is 4.90 Å². The molecule has 1 aromatic rings. The fraction of sp³-hybridized carbons (Fsp3) is 0.300. The summed E-state index contributed by atoms with van der Waals surface area (Å²) in [7, 11) is -4.05. The molecule has 0 radical (unpaired) electrons. The topological polar surface area (TPSA) is 94.9 Å². The molecule has 0 saturated carbocycles. The van der Waals surface area contributed by atoms with Crippen LogP contribution in [0.15, 0.2) is 29.2 Å². The molecule has 6 nitrogen and oxygen atoms in total. The molecule has 0 spiro atoms. The van der Waals surface area contributed by atoms with Crippen molar-refractivity contribution in [1.82, 2.24) is 4.31 Å². The van der Waals surface area contributed by atoms with Crippen molar-refractivity contribution in [2.24, 2.45) is 0 Å². The lowest BCUT2D eigenvalue weighted by molar-refractivity contribution is -0.137. The summed E-state index contributed by atoms with van der Waals surface area (Å²) >= 11 is 0. The minimum Gasteiger partial charge on any atom is -0.480 e. The van der Waals surface area contributed by atoms with E-state index < -0.39 is 35.0 Å². The fourth-order valence-corrected chi connectivity index (χ4v) is 2.68. The zero-order chi connectivity index (χ0) is 13.8. The smallest absolute Gasteiger partial charge is 0.318 e. The number of aliphatic hydroxyl groups is 1. The standard InChI is InChI=1S/C10H12FNO5S/c11-8-1-3-9(4-2-8)18(16,17)12(5-6-13)7-10(14)15/h1-4,13H,5-7H2,(H,14,15). The van der Waals surface area contributed by atoms with Gasteiger partial charge in [0.25, 0.3) is 0 Å². The molecule has 0 amide bonds. The van der Waals surface area contributed by atoms with Gasteiger partial charge in [0.2, 0.25) is 10.0 Å². The van der Waals surface area contributed by atoms with Gasteiger partial charge in [-0.1, -0.05) is 0 Å². The van der Waals surface area contributed by atoms with Gasteiger partial charge in [-0.2, -0.15) is 4.31 Å². The fourth-order valence-electron chi connectivity index (χ4n) is 1.30. The predicted molar refractivity (Wildman–Crippen MR) is 59.9 cm³/mol. The van der Waals surface area contributed by atoms with Crippen LogP contribution in [0.4, 0.5) is 4.39 Å². The summed E-state index contributed by atoms with van der Waals surface area (Å²) < 4.78 is 37.3. The van der Waals surface area contributed by atoms with Crippen molar-refractivity contribution >= 4 is 16.0 Å². The van der Waals surface area contributed by atoms with Crippen LogP contribution in [0.25, 0.3) is 0 Å². The first-order chi connectivity index (χ1) is 8.37. The summed E-state index contributed by atoms with van der Waals surface area (Å²) in [5.41, 5.74) is 0. The van der Waals surface area contributed by atoms with Crippen LogP contribution in [0, 0.1) is 5.82 Å². The van der Waals surface area contributed by atoms with Gasteiger partial charge in [-0.3, -0.25) is 4.79 Å². The number of sulfonamides is 1. The van der Waals surface area contributed by atoms with Crippen LogP contribution in [0.1, 0.15) is 0 Å². The maximum atomic E-state index is 12.7. The number of carboxylic acid groups (broad SMARTS) is 1. The maximum Gasteiger partial charge on any atom is 0.318 e. The number of nitrogens with zero attached hydrogens (tertiary/aromatic N) is 1. The van der Waals surface area contributed by atoms with Gasteiger partial charge in [0.05, 0.1) is 11.5 Å². The highest BCUT2D eigenvalue weighted by atomic mass is 32.2. The van der Waals surface area contributed by atoms with E-state index in [0.29, 0.717) is 4.31 Å². The van der Waals surface area contributed by atoms with E-state index in [9.17, 15) is 17.6 Å². The van der Waals surface area contributed by atoms with E-state index >= 15 is 0 Å². The molecular weight excluding hydrogens is 265 g/mol. The van der Waals surface area contributed by atoms with Crippen LogP contribution in [-0.4, -0.2) is 48.6 Å². The van der Waals surface area contributed by atoms with E-state index in [-0.39, 0.29) is 11.4 Å². The molecule has 18 heavy (non-hydrogen) atoms. The van der Waals surface area contributed by atoms with Crippen molar-refractivity contribution in [3.05, 3.63) is 30.1 Å². The Hall–Kier alpha value is -1.51. The highest BCUT2D eigenvalue weighted by molar-refractivity contribution is 7.89. The number of aliphatic hydroxyl groups excluding tert-OH is 1. The van der Waals surface area contributed by atoms with Crippen molar-refractivity contribution < 1.29 is 27.8 Å². The first kappa shape index (κ1) is 14.6. The molecule has 1 aromatic carbocycles. The molecule has 2 N–H and O–H groups in total. The summed E-state index contributed by atoms with van der Waals surface area (Å²) in [4.78, 5) is 10.3. The molecule has 0 saturated heterocycles. The molecular formula is C10H12FNO5S. The van der Waals surface area contributed by atoms with Gasteiger partial charge < -0.3 is 10.2 Å². The van der Waals surface area contributed by atoms with Crippen molar-refractivity contribution in [3.8, 4) is 0 Å². The highest BCUT2D eigenvalue weighted by Crippen LogP contribution is 2.15. The minimum absolute atomic E-state index is 0.224. The first-order valence-corrected chi connectivity index (χ1v) is 6.40. The molecule has 0 bridgehead atoms. The molecule has 0 aliphatic carbocycles. The number of aliphatic carboxylic acids is 1. The van der Waals surface area contributed by atoms with Crippen molar-refractivity contribution in [1.29, 1.82) is 0 Å². The second-order valence-electron chi connectivity index (χ2n) is 3.41. The molecule has 0 aliphatic heterocycles. The summed E-state index contributed by atoms with van der Waals surface area (Å²) in [6.07, 6.45) is 0. The molecule has 0 heterocycles. The van der Waals surface area contributed by atoms with E-state index in [0.717, 1.165) is 24.3 Å². The Kier molecular flexibility index (Phi) is 4.76. The van der Waals surface area contributed by atoms with Crippen LogP contribution < -0.4 is 0 Å². The van der Waals surface area contributed by atoms with Crippen molar-refractivity contribution in [3.63, 3.8) is 0 Å². The average Bonchev–Trinajstić information content (AvgIpc) is 2.28. The lowest BCUT2D eigenvalue weighted by atomic mass is 10.4. The lowest BCUT2D eigenvalue weighted by Crippen LogP contribution is -2.37. The van der Waals surface area contributed by atoms with Gasteiger partial charge in [0, 0.05) is 6.54 Å². The predicted octanol–water partition coefficient (Wildman–Crippen LogP) is -0.107. The number of carboxylic acids is 1. The van der Waals surface area contributed by atoms with Crippen LogP contribution >= 0.6 is 0 Å². The molecule has 100 valence electrons. The number of rotatable bonds is 6. The number of hydrogen-bond donors (Lipinski definition) is 2. The molecule has 8 heteroatoms. The van der Waals surface area contributed by atoms with E-state index in [1.165, 1.54) is 0 Å². The third kappa shape index (κ3) is 3.49. The van der Waals surface area contributed by atoms with Gasteiger partial charge in [0.15, 0.2) is 0 Å². The highest BCUT2D eigenvalue weighted by Gasteiger charge is 2.25. The summed E-state index contributed by atoms with van der Waals surface area (Å²) in [5, 5.41) is 17.4. The number of halogens is 1. The quantitative estimate of drug-likeness (QED) is 0.756. The molecule has 0 unspecified atom stereocenters. The third-order valence-electron chi connectivity index (χ3n) is 2.11. The third-order valence-corrected chi connectivity index (χ3v) is 3.97. The van der Waals surface area contributed by atoms with Crippen LogP contribution in [-0.2, 0) is 14.8 Å². The number of carbonyl (C=O) groups is 1. The van der Waals surface area contributed by atoms with Gasteiger partial charge in [-0.25, -0.2) is 12.8 Å². The number of hydrogen-bond acceptors (Lipinski definition) is 4. The first-order valence-electron chi connectivity index (χ1n) is 4.96. The Morgan fingerprint density at radius 2 is 1.83 bits per heavy atom. The Labute approximate surface area is 103 Å². The maximum absolute atomic E-state index is 12.7. The largest absolute Gasteiger partial charge is 0.480 e. The minimum atomic E-state index is -4.05. The van der Waals surface area contributed by atoms with Gasteiger partial charge >= 0.3 is 5.97 Å². The monoisotopic (exact) mass is 277 g/mol. The Morgan fingerprint density at radius 3 is 2.28 bits per heavy atom. The van der Waals surface area contributed by atoms with Gasteiger partial charge in [0.1, 0.15) is 12.4 Å². The van der Waals surface area contributed by atoms with E-state index in [1.54, 1.807) is 0 Å². The lowest BCUT2D eigenvalue weighted by Gasteiger charge is -2.19. The second kappa shape index (κ2) is 5.89. The SMILES string of the molecule is O=C(O)CN(CCO)S(=O)(=O)c1ccc(F)cc1. The van der Waals surface area contributed by atoms with Crippen molar-refractivity contribution in [2.75, 3.05) is 19.7 Å². The van der Waals surface area contributed by atoms with E-state index in [2.05, 4.69) is 0 Å². The average molecular weight is 277 g/mol. The number of benzene rings is 1. The second-order valence-corrected chi connectivity index (χ2v) is 5.35. The molecule has 1 rings (SSSR count). The normalized spacial score (nSPS) is 11.7. The van der Waals surface area contributed by atoms with Gasteiger partial charge in [-0.05, 0) is 24.3 Å². The Balaban J connectivity index is 3.08. The van der Waals surface area contributed by atoms with E-state index in [1.807, 2.05) is 0 Å². The summed E-state index contributed by atoms with van der Waals surface area (Å²) in [6.45, 7) is -1.61. The zero-order valence-electron chi connectivity index (χ0n) is 9.28. The Morgan fingerprint density at radius 1 is 1.28 bits per heavy atom. The van der Waals surface area contributed by atoms with Gasteiger partial charge in [-0.15, -0.1) is 0 Å². The zero-order valence-corrected chi connectivity index (χ0v) is 10.1. The van der Waals surface area contributed by atoms with Crippen LogP contribution in [0.5, 0.6) is 0 Å². The molecule has 0 fully saturated rings. The summed E-state index contributed by atoms with van der Waals surface area (Å²) in [6, 6.07) is 4.00. The Bertz CT molecular complexity index is 514. The summed E-state index contributed by atoms with van der Waals surface area (Å²) in [5.74, 6) is -1.94. The van der Waals surface area contributed by atoms with Crippen LogP contribution in [0.2, 0.25) is 0 Å². The molecule has 0 aromatic heterocycles. The molecule has 0 atom stereocenters.